The lowest BCUT2D eigenvalue weighted by atomic mass is 10.1. The van der Waals surface area contributed by atoms with Crippen molar-refractivity contribution >= 4 is 23.6 Å². The lowest BCUT2D eigenvalue weighted by Gasteiger charge is -2.03. The van der Waals surface area contributed by atoms with E-state index >= 15 is 0 Å². The molecule has 0 heterocycles. The van der Waals surface area contributed by atoms with Gasteiger partial charge >= 0.3 is 5.97 Å². The van der Waals surface area contributed by atoms with E-state index < -0.39 is 5.97 Å². The molecule has 0 bridgehead atoms. The lowest BCUT2D eigenvalue weighted by Crippen LogP contribution is -2.25. The van der Waals surface area contributed by atoms with Gasteiger partial charge in [0.2, 0.25) is 5.91 Å². The van der Waals surface area contributed by atoms with Crippen LogP contribution in [0.5, 0.6) is 0 Å². The van der Waals surface area contributed by atoms with Crippen LogP contribution in [-0.2, 0) is 9.59 Å². The number of unbranched alkanes of at least 4 members (excludes halogenated alkanes) is 4. The molecule has 0 aliphatic carbocycles. The molecule has 16 heavy (non-hydrogen) atoms. The summed E-state index contributed by atoms with van der Waals surface area (Å²) >= 11 is 1.52. The van der Waals surface area contributed by atoms with Crippen LogP contribution in [-0.4, -0.2) is 35.5 Å². The summed E-state index contributed by atoms with van der Waals surface area (Å²) in [5.74, 6) is -0.0961. The van der Waals surface area contributed by atoms with Gasteiger partial charge in [-0.2, -0.15) is 11.8 Å². The molecule has 4 nitrogen and oxygen atoms in total. The maximum Gasteiger partial charge on any atom is 0.303 e. The molecular weight excluding hydrogens is 226 g/mol. The SMILES string of the molecule is CSCC(=O)NCCCCCCCC(=O)O. The number of aliphatic carboxylic acids is 1. The largest absolute Gasteiger partial charge is 0.481 e. The number of carboxylic acids is 1. The maximum absolute atomic E-state index is 11.1. The second-order valence-corrected chi connectivity index (χ2v) is 4.56. The first-order valence-electron chi connectivity index (χ1n) is 5.64. The van der Waals surface area contributed by atoms with Crippen LogP contribution in [0.15, 0.2) is 0 Å². The Kier molecular flexibility index (Phi) is 10.3. The standard InChI is InChI=1S/C11H21NO3S/c1-16-9-10(13)12-8-6-4-2-3-5-7-11(14)15/h2-9H2,1H3,(H,12,13)(H,14,15). The topological polar surface area (TPSA) is 66.4 Å². The molecule has 5 heteroatoms. The minimum atomic E-state index is -0.718. The first kappa shape index (κ1) is 15.3. The van der Waals surface area contributed by atoms with E-state index in [0.717, 1.165) is 38.6 Å². The Balaban J connectivity index is 3.09. The first-order valence-corrected chi connectivity index (χ1v) is 7.03. The van der Waals surface area contributed by atoms with Crippen molar-refractivity contribution in [2.24, 2.45) is 0 Å². The molecule has 0 atom stereocenters. The highest BCUT2D eigenvalue weighted by molar-refractivity contribution is 7.99. The number of nitrogens with one attached hydrogen (secondary N) is 1. The van der Waals surface area contributed by atoms with Crippen molar-refractivity contribution in [3.05, 3.63) is 0 Å². The molecule has 94 valence electrons. The fourth-order valence-electron chi connectivity index (χ4n) is 1.34. The molecule has 0 saturated carbocycles. The molecule has 0 rings (SSSR count). The number of carboxylic acid groups (broad SMARTS) is 1. The van der Waals surface area contributed by atoms with E-state index in [-0.39, 0.29) is 12.3 Å². The van der Waals surface area contributed by atoms with Crippen molar-refractivity contribution in [2.45, 2.75) is 38.5 Å². The average Bonchev–Trinajstić information content (AvgIpc) is 2.22. The zero-order valence-electron chi connectivity index (χ0n) is 9.83. The van der Waals surface area contributed by atoms with Crippen molar-refractivity contribution in [1.29, 1.82) is 0 Å². The number of hydrogen-bond acceptors (Lipinski definition) is 3. The predicted molar refractivity (Wildman–Crippen MR) is 66.7 cm³/mol. The highest BCUT2D eigenvalue weighted by atomic mass is 32.2. The van der Waals surface area contributed by atoms with Gasteiger partial charge in [0, 0.05) is 13.0 Å². The van der Waals surface area contributed by atoms with Crippen molar-refractivity contribution in [1.82, 2.24) is 5.32 Å². The average molecular weight is 247 g/mol. The van der Waals surface area contributed by atoms with E-state index in [1.807, 2.05) is 6.26 Å². The van der Waals surface area contributed by atoms with Gasteiger partial charge in [-0.1, -0.05) is 19.3 Å². The van der Waals surface area contributed by atoms with E-state index in [1.54, 1.807) is 0 Å². The summed E-state index contributed by atoms with van der Waals surface area (Å²) in [5, 5.41) is 11.3. The molecule has 0 aliphatic rings. The van der Waals surface area contributed by atoms with Crippen molar-refractivity contribution in [3.8, 4) is 0 Å². The number of amides is 1. The second-order valence-electron chi connectivity index (χ2n) is 3.69. The fraction of sp³-hybridized carbons (Fsp3) is 0.818. The smallest absolute Gasteiger partial charge is 0.303 e. The van der Waals surface area contributed by atoms with Crippen LogP contribution in [0.1, 0.15) is 38.5 Å². The van der Waals surface area contributed by atoms with Crippen LogP contribution in [0.4, 0.5) is 0 Å². The van der Waals surface area contributed by atoms with E-state index in [1.165, 1.54) is 11.8 Å². The Labute approximate surface area is 101 Å². The summed E-state index contributed by atoms with van der Waals surface area (Å²) in [5.41, 5.74) is 0. The van der Waals surface area contributed by atoms with Crippen LogP contribution in [0.2, 0.25) is 0 Å². The van der Waals surface area contributed by atoms with Gasteiger partial charge in [0.05, 0.1) is 5.75 Å². The van der Waals surface area contributed by atoms with Crippen LogP contribution in [0.3, 0.4) is 0 Å². The van der Waals surface area contributed by atoms with Gasteiger partial charge in [0.15, 0.2) is 0 Å². The third kappa shape index (κ3) is 11.4. The number of hydrogen-bond donors (Lipinski definition) is 2. The van der Waals surface area contributed by atoms with Gasteiger partial charge in [-0.25, -0.2) is 0 Å². The van der Waals surface area contributed by atoms with Gasteiger partial charge in [-0.05, 0) is 19.1 Å². The summed E-state index contributed by atoms with van der Waals surface area (Å²) in [4.78, 5) is 21.3. The highest BCUT2D eigenvalue weighted by Gasteiger charge is 1.98. The summed E-state index contributed by atoms with van der Waals surface area (Å²) in [6, 6.07) is 0. The predicted octanol–water partition coefficient (Wildman–Crippen LogP) is 1.89. The van der Waals surface area contributed by atoms with Crippen molar-refractivity contribution < 1.29 is 14.7 Å². The Bertz CT molecular complexity index is 209. The van der Waals surface area contributed by atoms with Gasteiger partial charge in [0.25, 0.3) is 0 Å². The molecule has 0 aromatic rings. The monoisotopic (exact) mass is 247 g/mol. The molecule has 0 fully saturated rings. The molecule has 1 amide bonds. The zero-order valence-corrected chi connectivity index (χ0v) is 10.6. The summed E-state index contributed by atoms with van der Waals surface area (Å²) < 4.78 is 0. The molecular formula is C11H21NO3S. The van der Waals surface area contributed by atoms with Gasteiger partial charge in [-0.15, -0.1) is 0 Å². The number of thioether (sulfide) groups is 1. The number of carbonyl (C=O) groups excluding carboxylic acids is 1. The Morgan fingerprint density at radius 2 is 1.75 bits per heavy atom. The van der Waals surface area contributed by atoms with E-state index in [2.05, 4.69) is 5.32 Å². The summed E-state index contributed by atoms with van der Waals surface area (Å²) in [6.45, 7) is 0.734. The molecule has 0 radical (unpaired) electrons. The zero-order chi connectivity index (χ0) is 12.2. The molecule has 0 aromatic carbocycles. The quantitative estimate of drug-likeness (QED) is 0.579. The maximum atomic E-state index is 11.1. The van der Waals surface area contributed by atoms with Gasteiger partial charge in [0.1, 0.15) is 0 Å². The minimum absolute atomic E-state index is 0.0957. The van der Waals surface area contributed by atoms with Crippen LogP contribution < -0.4 is 5.32 Å². The van der Waals surface area contributed by atoms with Crippen molar-refractivity contribution in [3.63, 3.8) is 0 Å². The van der Waals surface area contributed by atoms with Crippen LogP contribution in [0.25, 0.3) is 0 Å². The lowest BCUT2D eigenvalue weighted by molar-refractivity contribution is -0.137. The molecule has 0 aromatic heterocycles. The molecule has 2 N–H and O–H groups in total. The van der Waals surface area contributed by atoms with E-state index in [9.17, 15) is 9.59 Å². The first-order chi connectivity index (χ1) is 7.66. The third-order valence-electron chi connectivity index (χ3n) is 2.17. The third-order valence-corrected chi connectivity index (χ3v) is 2.72. The van der Waals surface area contributed by atoms with Crippen molar-refractivity contribution in [2.75, 3.05) is 18.6 Å². The fourth-order valence-corrected chi connectivity index (χ4v) is 1.71. The highest BCUT2D eigenvalue weighted by Crippen LogP contribution is 2.04. The van der Waals surface area contributed by atoms with E-state index in [4.69, 9.17) is 5.11 Å². The number of carbonyl (C=O) groups is 2. The van der Waals surface area contributed by atoms with Crippen LogP contribution in [0, 0.1) is 0 Å². The van der Waals surface area contributed by atoms with Crippen LogP contribution >= 0.6 is 11.8 Å². The minimum Gasteiger partial charge on any atom is -0.481 e. The van der Waals surface area contributed by atoms with Gasteiger partial charge in [-0.3, -0.25) is 9.59 Å². The normalized spacial score (nSPS) is 10.1. The second kappa shape index (κ2) is 10.8. The molecule has 0 unspecified atom stereocenters. The Morgan fingerprint density at radius 1 is 1.12 bits per heavy atom. The number of rotatable bonds is 10. The summed E-state index contributed by atoms with van der Waals surface area (Å²) in [7, 11) is 0. The van der Waals surface area contributed by atoms with Gasteiger partial charge < -0.3 is 10.4 Å². The Hall–Kier alpha value is -0.710. The Morgan fingerprint density at radius 3 is 2.38 bits per heavy atom. The molecule has 0 spiro atoms. The summed E-state index contributed by atoms with van der Waals surface area (Å²) in [6.07, 6.45) is 6.98. The molecule has 0 saturated heterocycles. The molecule has 0 aliphatic heterocycles. The van der Waals surface area contributed by atoms with E-state index in [0.29, 0.717) is 5.75 Å².